The lowest BCUT2D eigenvalue weighted by molar-refractivity contribution is -0.137. The van der Waals surface area contributed by atoms with E-state index in [1.807, 2.05) is 36.9 Å². The first-order valence-corrected chi connectivity index (χ1v) is 9.77. The maximum atomic E-state index is 13.0. The second-order valence-corrected chi connectivity index (χ2v) is 7.32. The predicted octanol–water partition coefficient (Wildman–Crippen LogP) is 4.50. The highest BCUT2D eigenvalue weighted by Crippen LogP contribution is 2.32. The summed E-state index contributed by atoms with van der Waals surface area (Å²) in [5, 5.41) is 0. The number of aryl methyl sites for hydroxylation is 1. The molecular weight excluding hydrogens is 391 g/mol. The largest absolute Gasteiger partial charge is 0.416 e. The zero-order valence-electron chi connectivity index (χ0n) is 16.8. The fourth-order valence-corrected chi connectivity index (χ4v) is 3.59. The molecule has 0 aliphatic carbocycles. The van der Waals surface area contributed by atoms with Crippen molar-refractivity contribution in [2.75, 3.05) is 36.0 Å². The highest BCUT2D eigenvalue weighted by atomic mass is 19.4. The van der Waals surface area contributed by atoms with Crippen LogP contribution in [0.25, 0.3) is 11.5 Å². The molecule has 156 valence electrons. The standard InChI is InChI=1S/C22H22F3N5/c1-15-16(2)27-20(19-8-3-4-9-26-19)28-21(15)30-12-10-29(11-13-30)18-7-5-6-17(14-18)22(23,24)25/h3-9,14H,10-13H2,1-2H3. The minimum Gasteiger partial charge on any atom is -0.368 e. The van der Waals surface area contributed by atoms with Crippen molar-refractivity contribution in [1.29, 1.82) is 0 Å². The predicted molar refractivity (Wildman–Crippen MR) is 111 cm³/mol. The van der Waals surface area contributed by atoms with E-state index in [1.165, 1.54) is 12.1 Å². The Morgan fingerprint density at radius 1 is 0.867 bits per heavy atom. The summed E-state index contributed by atoms with van der Waals surface area (Å²) in [6, 6.07) is 11.1. The Kier molecular flexibility index (Phi) is 5.32. The number of hydrogen-bond acceptors (Lipinski definition) is 5. The molecular formula is C22H22F3N5. The lowest BCUT2D eigenvalue weighted by Crippen LogP contribution is -2.47. The van der Waals surface area contributed by atoms with Crippen LogP contribution in [0.3, 0.4) is 0 Å². The topological polar surface area (TPSA) is 45.2 Å². The van der Waals surface area contributed by atoms with Crippen molar-refractivity contribution in [3.63, 3.8) is 0 Å². The number of benzene rings is 1. The molecule has 3 aromatic rings. The van der Waals surface area contributed by atoms with Gasteiger partial charge in [0.15, 0.2) is 5.82 Å². The number of anilines is 2. The van der Waals surface area contributed by atoms with Crippen LogP contribution in [0.4, 0.5) is 24.7 Å². The molecule has 0 radical (unpaired) electrons. The molecule has 1 saturated heterocycles. The van der Waals surface area contributed by atoms with E-state index in [2.05, 4.69) is 14.9 Å². The second kappa shape index (κ2) is 7.93. The fraction of sp³-hybridized carbons (Fsp3) is 0.318. The molecule has 0 amide bonds. The van der Waals surface area contributed by atoms with Crippen molar-refractivity contribution in [2.45, 2.75) is 20.0 Å². The minimum atomic E-state index is -4.34. The number of alkyl halides is 3. The van der Waals surface area contributed by atoms with E-state index < -0.39 is 11.7 Å². The van der Waals surface area contributed by atoms with Gasteiger partial charge in [0, 0.05) is 49.3 Å². The molecule has 0 bridgehead atoms. The van der Waals surface area contributed by atoms with Gasteiger partial charge in [0.2, 0.25) is 0 Å². The van der Waals surface area contributed by atoms with Crippen LogP contribution in [0, 0.1) is 13.8 Å². The van der Waals surface area contributed by atoms with Gasteiger partial charge in [-0.15, -0.1) is 0 Å². The molecule has 0 saturated carbocycles. The highest BCUT2D eigenvalue weighted by Gasteiger charge is 2.31. The van der Waals surface area contributed by atoms with Gasteiger partial charge in [-0.3, -0.25) is 4.98 Å². The van der Waals surface area contributed by atoms with E-state index in [0.29, 0.717) is 43.4 Å². The van der Waals surface area contributed by atoms with Gasteiger partial charge >= 0.3 is 6.18 Å². The molecule has 0 unspecified atom stereocenters. The summed E-state index contributed by atoms with van der Waals surface area (Å²) in [5.74, 6) is 1.43. The van der Waals surface area contributed by atoms with Crippen LogP contribution >= 0.6 is 0 Å². The minimum absolute atomic E-state index is 0.578. The fourth-order valence-electron chi connectivity index (χ4n) is 3.59. The Bertz CT molecular complexity index is 1030. The zero-order chi connectivity index (χ0) is 21.3. The van der Waals surface area contributed by atoms with Gasteiger partial charge in [-0.1, -0.05) is 12.1 Å². The van der Waals surface area contributed by atoms with Gasteiger partial charge in [0.1, 0.15) is 11.5 Å². The number of piperazine rings is 1. The molecule has 3 heterocycles. The summed E-state index contributed by atoms with van der Waals surface area (Å²) in [6.45, 7) is 6.49. The Morgan fingerprint density at radius 3 is 2.27 bits per heavy atom. The molecule has 1 aromatic carbocycles. The van der Waals surface area contributed by atoms with Crippen LogP contribution in [-0.4, -0.2) is 41.1 Å². The van der Waals surface area contributed by atoms with Crippen molar-refractivity contribution < 1.29 is 13.2 Å². The number of nitrogens with zero attached hydrogens (tertiary/aromatic N) is 5. The molecule has 5 nitrogen and oxygen atoms in total. The lowest BCUT2D eigenvalue weighted by atomic mass is 10.1. The Morgan fingerprint density at radius 2 is 1.60 bits per heavy atom. The van der Waals surface area contributed by atoms with E-state index in [1.54, 1.807) is 12.3 Å². The molecule has 0 atom stereocenters. The smallest absolute Gasteiger partial charge is 0.368 e. The van der Waals surface area contributed by atoms with Gasteiger partial charge < -0.3 is 9.80 Å². The summed E-state index contributed by atoms with van der Waals surface area (Å²) in [5.41, 5.74) is 2.58. The van der Waals surface area contributed by atoms with Gasteiger partial charge in [-0.2, -0.15) is 13.2 Å². The van der Waals surface area contributed by atoms with Crippen molar-refractivity contribution in [1.82, 2.24) is 15.0 Å². The maximum absolute atomic E-state index is 13.0. The third-order valence-electron chi connectivity index (χ3n) is 5.38. The number of aromatic nitrogens is 3. The Hall–Kier alpha value is -3.16. The van der Waals surface area contributed by atoms with E-state index >= 15 is 0 Å². The number of pyridine rings is 1. The average Bonchev–Trinajstić information content (AvgIpc) is 2.76. The van der Waals surface area contributed by atoms with Gasteiger partial charge in [-0.25, -0.2) is 9.97 Å². The molecule has 2 aromatic heterocycles. The molecule has 8 heteroatoms. The quantitative estimate of drug-likeness (QED) is 0.633. The highest BCUT2D eigenvalue weighted by molar-refractivity contribution is 5.58. The number of rotatable bonds is 3. The first-order chi connectivity index (χ1) is 14.3. The van der Waals surface area contributed by atoms with E-state index in [0.717, 1.165) is 23.1 Å². The zero-order valence-corrected chi connectivity index (χ0v) is 16.8. The molecule has 1 aliphatic heterocycles. The monoisotopic (exact) mass is 413 g/mol. The van der Waals surface area contributed by atoms with Gasteiger partial charge in [0.25, 0.3) is 0 Å². The lowest BCUT2D eigenvalue weighted by Gasteiger charge is -2.37. The molecule has 0 spiro atoms. The number of halogens is 3. The van der Waals surface area contributed by atoms with Crippen LogP contribution < -0.4 is 9.80 Å². The van der Waals surface area contributed by atoms with Crippen LogP contribution in [0.2, 0.25) is 0 Å². The number of hydrogen-bond donors (Lipinski definition) is 0. The average molecular weight is 413 g/mol. The molecule has 4 rings (SSSR count). The first kappa shape index (κ1) is 20.1. The normalized spacial score (nSPS) is 14.8. The summed E-state index contributed by atoms with van der Waals surface area (Å²) in [4.78, 5) is 17.8. The van der Waals surface area contributed by atoms with Crippen LogP contribution in [-0.2, 0) is 6.18 Å². The SMILES string of the molecule is Cc1nc(-c2ccccn2)nc(N2CCN(c3cccc(C(F)(F)F)c3)CC2)c1C. The summed E-state index contributed by atoms with van der Waals surface area (Å²) < 4.78 is 39.1. The van der Waals surface area contributed by atoms with Crippen molar-refractivity contribution >= 4 is 11.5 Å². The molecule has 1 aliphatic rings. The second-order valence-electron chi connectivity index (χ2n) is 7.32. The van der Waals surface area contributed by atoms with E-state index in [9.17, 15) is 13.2 Å². The molecule has 30 heavy (non-hydrogen) atoms. The summed E-state index contributed by atoms with van der Waals surface area (Å²) >= 11 is 0. The molecule has 1 fully saturated rings. The van der Waals surface area contributed by atoms with E-state index in [-0.39, 0.29) is 0 Å². The Balaban J connectivity index is 1.54. The third-order valence-corrected chi connectivity index (χ3v) is 5.38. The van der Waals surface area contributed by atoms with Crippen molar-refractivity contribution in [3.8, 4) is 11.5 Å². The van der Waals surface area contributed by atoms with Crippen LogP contribution in [0.1, 0.15) is 16.8 Å². The van der Waals surface area contributed by atoms with Crippen molar-refractivity contribution in [3.05, 3.63) is 65.5 Å². The third kappa shape index (κ3) is 4.08. The molecule has 0 N–H and O–H groups in total. The summed E-state index contributed by atoms with van der Waals surface area (Å²) in [6.07, 6.45) is -2.63. The van der Waals surface area contributed by atoms with Crippen molar-refractivity contribution in [2.24, 2.45) is 0 Å². The van der Waals surface area contributed by atoms with Crippen LogP contribution in [0.15, 0.2) is 48.7 Å². The van der Waals surface area contributed by atoms with Crippen LogP contribution in [0.5, 0.6) is 0 Å². The van der Waals surface area contributed by atoms with Gasteiger partial charge in [0.05, 0.1) is 5.56 Å². The maximum Gasteiger partial charge on any atom is 0.416 e. The Labute approximate surface area is 173 Å². The van der Waals surface area contributed by atoms with E-state index in [4.69, 9.17) is 4.98 Å². The summed E-state index contributed by atoms with van der Waals surface area (Å²) in [7, 11) is 0. The van der Waals surface area contributed by atoms with Gasteiger partial charge in [-0.05, 0) is 44.2 Å². The first-order valence-electron chi connectivity index (χ1n) is 9.77.